The molecule has 104 valence electrons. The predicted molar refractivity (Wildman–Crippen MR) is 80.2 cm³/mol. The van der Waals surface area contributed by atoms with Gasteiger partial charge in [-0.25, -0.2) is 14.8 Å². The van der Waals surface area contributed by atoms with Crippen LogP contribution in [0.4, 0.5) is 5.95 Å². The van der Waals surface area contributed by atoms with Crippen LogP contribution in [0.5, 0.6) is 0 Å². The van der Waals surface area contributed by atoms with Crippen LogP contribution in [0.1, 0.15) is 10.4 Å². The number of nitrogens with one attached hydrogen (secondary N) is 1. The van der Waals surface area contributed by atoms with E-state index in [-0.39, 0.29) is 11.5 Å². The summed E-state index contributed by atoms with van der Waals surface area (Å²) in [6.07, 6.45) is 1.48. The van der Waals surface area contributed by atoms with Gasteiger partial charge in [0.2, 0.25) is 5.95 Å². The highest BCUT2D eigenvalue weighted by atomic mass is 79.9. The molecule has 0 unspecified atom stereocenters. The van der Waals surface area contributed by atoms with Crippen molar-refractivity contribution in [2.24, 2.45) is 0 Å². The Morgan fingerprint density at radius 3 is 2.86 bits per heavy atom. The summed E-state index contributed by atoms with van der Waals surface area (Å²) in [5, 5.41) is 3.12. The Bertz CT molecular complexity index is 892. The number of rotatable bonds is 2. The number of para-hydroxylation sites is 1. The standard InChI is InChI=1S/C14H8BrN3O3/c15-11-5-6-16-14(17-11)18-12(19)9-7-8-3-1-2-4-10(8)21-13(9)20/h1-7H,(H,16,17,18,19). The monoisotopic (exact) mass is 345 g/mol. The molecule has 0 radical (unpaired) electrons. The number of hydrogen-bond donors (Lipinski definition) is 1. The average Bonchev–Trinajstić information content (AvgIpc) is 2.46. The first kappa shape index (κ1) is 13.4. The van der Waals surface area contributed by atoms with E-state index in [1.807, 2.05) is 0 Å². The van der Waals surface area contributed by atoms with E-state index in [0.717, 1.165) is 0 Å². The van der Waals surface area contributed by atoms with Gasteiger partial charge in [-0.1, -0.05) is 18.2 Å². The fraction of sp³-hybridized carbons (Fsp3) is 0. The van der Waals surface area contributed by atoms with Crippen LogP contribution < -0.4 is 10.9 Å². The summed E-state index contributed by atoms with van der Waals surface area (Å²) in [4.78, 5) is 31.8. The molecular weight excluding hydrogens is 338 g/mol. The van der Waals surface area contributed by atoms with Gasteiger partial charge in [-0.3, -0.25) is 10.1 Å². The summed E-state index contributed by atoms with van der Waals surface area (Å²) < 4.78 is 5.64. The number of carbonyl (C=O) groups excluding carboxylic acids is 1. The van der Waals surface area contributed by atoms with Crippen LogP contribution >= 0.6 is 15.9 Å². The minimum Gasteiger partial charge on any atom is -0.422 e. The third-order valence-corrected chi connectivity index (χ3v) is 3.17. The lowest BCUT2D eigenvalue weighted by Crippen LogP contribution is -2.21. The number of carbonyl (C=O) groups is 1. The SMILES string of the molecule is O=C(Nc1nccc(Br)n1)c1cc2ccccc2oc1=O. The fourth-order valence-corrected chi connectivity index (χ4v) is 2.07. The largest absolute Gasteiger partial charge is 0.422 e. The smallest absolute Gasteiger partial charge is 0.349 e. The normalized spacial score (nSPS) is 10.5. The highest BCUT2D eigenvalue weighted by Crippen LogP contribution is 2.13. The van der Waals surface area contributed by atoms with Gasteiger partial charge >= 0.3 is 5.63 Å². The second-order valence-corrected chi connectivity index (χ2v) is 4.95. The van der Waals surface area contributed by atoms with Crippen molar-refractivity contribution < 1.29 is 9.21 Å². The lowest BCUT2D eigenvalue weighted by molar-refractivity contribution is 0.102. The first-order chi connectivity index (χ1) is 10.1. The molecule has 21 heavy (non-hydrogen) atoms. The maximum Gasteiger partial charge on any atom is 0.349 e. The van der Waals surface area contributed by atoms with Crippen LogP contribution in [0.2, 0.25) is 0 Å². The molecule has 0 aliphatic rings. The van der Waals surface area contributed by atoms with E-state index in [2.05, 4.69) is 31.2 Å². The third kappa shape index (κ3) is 2.82. The maximum absolute atomic E-state index is 12.1. The van der Waals surface area contributed by atoms with Crippen molar-refractivity contribution in [2.45, 2.75) is 0 Å². The van der Waals surface area contributed by atoms with Crippen molar-refractivity contribution in [2.75, 3.05) is 5.32 Å². The Kier molecular flexibility index (Phi) is 3.49. The molecule has 0 bridgehead atoms. The fourth-order valence-electron chi connectivity index (χ4n) is 1.79. The Labute approximate surface area is 127 Å². The summed E-state index contributed by atoms with van der Waals surface area (Å²) in [5.41, 5.74) is -0.378. The Morgan fingerprint density at radius 2 is 2.05 bits per heavy atom. The number of amides is 1. The van der Waals surface area contributed by atoms with Crippen molar-refractivity contribution in [3.05, 3.63) is 63.2 Å². The Balaban J connectivity index is 1.98. The molecule has 0 saturated heterocycles. The summed E-state index contributed by atoms with van der Waals surface area (Å²) in [7, 11) is 0. The van der Waals surface area contributed by atoms with Gasteiger partial charge in [0.25, 0.3) is 5.91 Å². The summed E-state index contributed by atoms with van der Waals surface area (Å²) in [6, 6.07) is 10.1. The zero-order valence-electron chi connectivity index (χ0n) is 10.5. The zero-order chi connectivity index (χ0) is 14.8. The lowest BCUT2D eigenvalue weighted by atomic mass is 10.2. The number of anilines is 1. The minimum absolute atomic E-state index is 0.0990. The number of fused-ring (bicyclic) bond motifs is 1. The van der Waals surface area contributed by atoms with E-state index in [4.69, 9.17) is 4.42 Å². The van der Waals surface area contributed by atoms with Crippen LogP contribution in [0.15, 0.2) is 56.4 Å². The summed E-state index contributed by atoms with van der Waals surface area (Å²) in [5.74, 6) is -0.519. The predicted octanol–water partition coefficient (Wildman–Crippen LogP) is 2.60. The Morgan fingerprint density at radius 1 is 1.24 bits per heavy atom. The van der Waals surface area contributed by atoms with Gasteiger partial charge in [-0.05, 0) is 34.1 Å². The number of halogens is 1. The molecule has 0 aliphatic carbocycles. The van der Waals surface area contributed by atoms with Gasteiger partial charge in [0.05, 0.1) is 0 Å². The highest BCUT2D eigenvalue weighted by molar-refractivity contribution is 9.10. The number of hydrogen-bond acceptors (Lipinski definition) is 5. The van der Waals surface area contributed by atoms with Gasteiger partial charge in [-0.15, -0.1) is 0 Å². The van der Waals surface area contributed by atoms with Gasteiger partial charge < -0.3 is 4.42 Å². The average molecular weight is 346 g/mol. The number of nitrogens with zero attached hydrogens (tertiary/aromatic N) is 2. The molecule has 1 amide bonds. The summed E-state index contributed by atoms with van der Waals surface area (Å²) >= 11 is 3.17. The molecule has 0 saturated carbocycles. The molecule has 0 aliphatic heterocycles. The molecule has 2 heterocycles. The molecule has 3 aromatic rings. The van der Waals surface area contributed by atoms with E-state index in [1.54, 1.807) is 30.3 Å². The summed E-state index contributed by atoms with van der Waals surface area (Å²) in [6.45, 7) is 0. The third-order valence-electron chi connectivity index (χ3n) is 2.73. The molecule has 7 heteroatoms. The Hall–Kier alpha value is -2.54. The maximum atomic E-state index is 12.1. The molecular formula is C14H8BrN3O3. The second-order valence-electron chi connectivity index (χ2n) is 4.14. The quantitative estimate of drug-likeness (QED) is 0.569. The van der Waals surface area contributed by atoms with Crippen LogP contribution in [-0.2, 0) is 0 Å². The second kappa shape index (κ2) is 5.45. The van der Waals surface area contributed by atoms with Crippen molar-refractivity contribution in [3.63, 3.8) is 0 Å². The number of benzene rings is 1. The zero-order valence-corrected chi connectivity index (χ0v) is 12.1. The highest BCUT2D eigenvalue weighted by Gasteiger charge is 2.14. The van der Waals surface area contributed by atoms with Crippen LogP contribution in [-0.4, -0.2) is 15.9 Å². The first-order valence-corrected chi connectivity index (χ1v) is 6.75. The van der Waals surface area contributed by atoms with Crippen LogP contribution in [0, 0.1) is 0 Å². The lowest BCUT2D eigenvalue weighted by Gasteiger charge is -2.03. The molecule has 1 N–H and O–H groups in total. The molecule has 3 rings (SSSR count). The van der Waals surface area contributed by atoms with E-state index in [1.165, 1.54) is 12.3 Å². The van der Waals surface area contributed by atoms with Gasteiger partial charge in [-0.2, -0.15) is 0 Å². The van der Waals surface area contributed by atoms with Gasteiger partial charge in [0.1, 0.15) is 15.7 Å². The van der Waals surface area contributed by atoms with E-state index < -0.39 is 11.5 Å². The van der Waals surface area contributed by atoms with Crippen molar-refractivity contribution in [3.8, 4) is 0 Å². The molecule has 0 fully saturated rings. The van der Waals surface area contributed by atoms with Crippen molar-refractivity contribution in [1.82, 2.24) is 9.97 Å². The van der Waals surface area contributed by atoms with E-state index in [9.17, 15) is 9.59 Å². The van der Waals surface area contributed by atoms with Gasteiger partial charge in [0.15, 0.2) is 0 Å². The number of aromatic nitrogens is 2. The van der Waals surface area contributed by atoms with E-state index in [0.29, 0.717) is 15.6 Å². The molecule has 6 nitrogen and oxygen atoms in total. The minimum atomic E-state index is -0.707. The van der Waals surface area contributed by atoms with Crippen LogP contribution in [0.3, 0.4) is 0 Å². The van der Waals surface area contributed by atoms with Crippen LogP contribution in [0.25, 0.3) is 11.0 Å². The van der Waals surface area contributed by atoms with E-state index >= 15 is 0 Å². The molecule has 0 spiro atoms. The first-order valence-electron chi connectivity index (χ1n) is 5.96. The van der Waals surface area contributed by atoms with Crippen molar-refractivity contribution >= 4 is 38.8 Å². The molecule has 0 atom stereocenters. The van der Waals surface area contributed by atoms with Gasteiger partial charge in [0, 0.05) is 11.6 Å². The van der Waals surface area contributed by atoms with Crippen molar-refractivity contribution in [1.29, 1.82) is 0 Å². The topological polar surface area (TPSA) is 85.1 Å². The molecule has 2 aromatic heterocycles. The molecule has 1 aromatic carbocycles.